The fraction of sp³-hybridized carbons (Fsp3) is 0. The smallest absolute Gasteiger partial charge is 1.00 e. The van der Waals surface area contributed by atoms with Crippen molar-refractivity contribution in [2.45, 2.75) is 14.7 Å². The van der Waals surface area contributed by atoms with E-state index in [4.69, 9.17) is 68.3 Å². The predicted molar refractivity (Wildman–Crippen MR) is 520 cm³/mol. The van der Waals surface area contributed by atoms with Gasteiger partial charge in [0.2, 0.25) is 5.24 Å². The van der Waals surface area contributed by atoms with Crippen LogP contribution in [0.3, 0.4) is 0 Å². The number of nitrogens with zero attached hydrogens (tertiary/aromatic N) is 11. The number of benzene rings is 10. The van der Waals surface area contributed by atoms with Gasteiger partial charge >= 0.3 is 103 Å². The van der Waals surface area contributed by atoms with Crippen LogP contribution in [0.1, 0.15) is 29.5 Å². The second-order valence-electron chi connectivity index (χ2n) is 26.6. The molecular weight excluding hydrogens is 1970 g/mol. The first-order valence-corrected chi connectivity index (χ1v) is 44.9. The van der Waals surface area contributed by atoms with Crippen molar-refractivity contribution in [3.8, 4) is 36.0 Å². The zero-order valence-corrected chi connectivity index (χ0v) is 83.6. The van der Waals surface area contributed by atoms with E-state index in [1.807, 2.05) is 152 Å². The maximum absolute atomic E-state index is 13.7. The average molecular weight is 2050 g/mol. The van der Waals surface area contributed by atoms with Crippen molar-refractivity contribution >= 4 is 204 Å². The van der Waals surface area contributed by atoms with Crippen molar-refractivity contribution in [3.05, 3.63) is 384 Å². The number of halogens is 4. The average Bonchev–Trinajstić information content (AvgIpc) is 1.60. The number of carbonyl (C=O) groups excluding carboxylic acids is 2. The van der Waals surface area contributed by atoms with Gasteiger partial charge in [-0.3, -0.25) is 9.59 Å². The van der Waals surface area contributed by atoms with Crippen molar-refractivity contribution in [1.82, 2.24) is 56.8 Å². The van der Waals surface area contributed by atoms with E-state index in [-0.39, 0.29) is 153 Å². The number of rotatable bonds is 14. The van der Waals surface area contributed by atoms with Crippen molar-refractivity contribution in [2.24, 2.45) is 0 Å². The van der Waals surface area contributed by atoms with Gasteiger partial charge < -0.3 is 61.2 Å². The van der Waals surface area contributed by atoms with Gasteiger partial charge in [0.1, 0.15) is 68.5 Å². The van der Waals surface area contributed by atoms with Crippen LogP contribution in [0, 0.1) is 36.0 Å². The van der Waals surface area contributed by atoms with E-state index in [0.717, 1.165) is 64.5 Å². The third-order valence-corrected chi connectivity index (χ3v) is 24.8. The molecule has 30 nitrogen and oxygen atoms in total. The number of nitrogens with one attached hydrogen (secondary N) is 4. The molecular formula is C94H74Br2Cl2K2N20O10S3. The second-order valence-corrected chi connectivity index (χ2v) is 34.3. The molecule has 0 saturated heterocycles. The molecule has 39 heteroatoms. The first kappa shape index (κ1) is 104. The van der Waals surface area contributed by atoms with E-state index >= 15 is 0 Å². The first-order chi connectivity index (χ1) is 63.2. The van der Waals surface area contributed by atoms with Gasteiger partial charge in [-0.25, -0.2) is 77.0 Å². The minimum Gasteiger partial charge on any atom is -1.00 e. The largest absolute Gasteiger partial charge is 1.00 e. The molecule has 133 heavy (non-hydrogen) atoms. The molecule has 10 aromatic carbocycles. The molecule has 0 aliphatic rings. The summed E-state index contributed by atoms with van der Waals surface area (Å²) in [6.45, 7) is 2.90. The fourth-order valence-corrected chi connectivity index (χ4v) is 18.0. The van der Waals surface area contributed by atoms with Gasteiger partial charge in [-0.2, -0.15) is 0 Å². The Balaban J connectivity index is 0.000000202. The van der Waals surface area contributed by atoms with Gasteiger partial charge in [0.25, 0.3) is 36.5 Å². The van der Waals surface area contributed by atoms with Crippen molar-refractivity contribution < 1.29 is 149 Å². The van der Waals surface area contributed by atoms with Gasteiger partial charge in [0, 0.05) is 62.2 Å². The normalized spacial score (nSPS) is 10.3. The molecule has 0 fully saturated rings. The minimum absolute atomic E-state index is 0. The van der Waals surface area contributed by atoms with E-state index in [1.54, 1.807) is 140 Å². The summed E-state index contributed by atoms with van der Waals surface area (Å²) in [5, 5.41) is 20.2. The molecule has 0 unspecified atom stereocenters. The molecule has 18 aromatic rings. The number of nitrogen functional groups attached to an aromatic ring is 5. The van der Waals surface area contributed by atoms with Crippen LogP contribution in [0.25, 0.3) is 44.1 Å². The van der Waals surface area contributed by atoms with Gasteiger partial charge in [0.15, 0.2) is 16.9 Å². The molecule has 658 valence electrons. The van der Waals surface area contributed by atoms with E-state index in [2.05, 4.69) is 134 Å². The predicted octanol–water partition coefficient (Wildman–Crippen LogP) is 10.9. The van der Waals surface area contributed by atoms with Crippen molar-refractivity contribution in [2.75, 3.05) is 44.6 Å². The summed E-state index contributed by atoms with van der Waals surface area (Å²) < 4.78 is 82.9. The molecule has 18 rings (SSSR count). The zero-order chi connectivity index (χ0) is 93.5. The quantitative estimate of drug-likeness (QED) is 0.00562. The molecule has 0 saturated carbocycles. The van der Waals surface area contributed by atoms with Crippen LogP contribution in [-0.4, -0.2) is 93.7 Å². The Morgan fingerprint density at radius 2 is 0.752 bits per heavy atom. The topological polar surface area (TPSA) is 469 Å². The standard InChI is InChI=1S/C26H19N5O2S.C20H15N5.C18H14BrN5O2S.C12H7BrClN3O2S.C8H6.C6H8N2.C3H3ClO.CH2O3.2K.H/c27-20-10-7-11-21(16-20)30-25-24-17-22(15-14-19-8-3-1-4-9-19)31(26(24)29-18-28-25)34(32,33)23-12-5-2-6-13-23;21-15-7-4-8-16(11-15)24-19-18-12-17(25-20(18)23-13-22-19)10-9-14-5-2-1-3-6-14;19-16-10-15-17(23-13-6-4-5-12(20)9-13)21-11-22-18(15)24(16)27(25,26)14-7-2-1-3-8-14;13-10-6-9-11(14)15-7-16-12(9)17(10)20(18,19)8-4-2-1-3-5-8;1-2-8-6-4-3-5-7-8;7-5-2-1-3-6(8)4-5;1-2-3(4)5;2-1-4-3;;;/h1-13,16-18H,27H2,(H,28,29,30);1-8,11-13H,21H2,(H2,22,23,24,25);1-11H,20H2,(H,21,22,23);1-7H;1,3-7H;1-4H,7-8H2;2H,1H2;1,3H;;;/q;;;;;;;;2*+1;-1/p-1. The number of aromatic nitrogens is 12. The Labute approximate surface area is 878 Å². The Morgan fingerprint density at radius 3 is 1.12 bits per heavy atom. The number of allylic oxidation sites excluding steroid dienone is 1. The monoisotopic (exact) mass is 2040 g/mol. The number of H-pyrrole nitrogens is 1. The van der Waals surface area contributed by atoms with Crippen LogP contribution in [0.5, 0.6) is 0 Å². The Morgan fingerprint density at radius 1 is 0.429 bits per heavy atom. The zero-order valence-electron chi connectivity index (χ0n) is 71.2. The Bertz CT molecular complexity index is 7610. The van der Waals surface area contributed by atoms with Crippen LogP contribution in [0.4, 0.5) is 63.0 Å². The Kier molecular flexibility index (Phi) is 39.7. The maximum atomic E-state index is 13.7. The summed E-state index contributed by atoms with van der Waals surface area (Å²) in [6, 6.07) is 89.3. The SMILES string of the molecule is C#Cc1ccccc1.C=CC(=O)Cl.Nc1cccc(N)c1.Nc1cccc(Nc2ncnc3[nH]c(C#Cc4ccccc4)cc23)c1.Nc1cccc(Nc2ncnc3c2cc(Br)n3S(=O)(=O)c2ccccc2)c1.Nc1cccc(Nc2ncnc3c2cc(C#Cc2ccccc2)n3S(=O)(=O)c2ccccc2)c1.O=CO[O-].O=S(=O)(c1ccccc1)n1c(Br)cc2c(Cl)ncnc21.[H-].[K+].[K+]. The molecule has 0 spiro atoms. The molecule has 0 amide bonds. The summed E-state index contributed by atoms with van der Waals surface area (Å²) in [5.74, 6) is 16.5. The van der Waals surface area contributed by atoms with Crippen molar-refractivity contribution in [3.63, 3.8) is 0 Å². The number of carbonyl (C=O) groups is 2. The summed E-state index contributed by atoms with van der Waals surface area (Å²) in [7, 11) is -11.5. The van der Waals surface area contributed by atoms with Crippen LogP contribution < -0.4 is 153 Å². The summed E-state index contributed by atoms with van der Waals surface area (Å²) in [5.41, 5.74) is 39.1. The van der Waals surface area contributed by atoms with Crippen LogP contribution >= 0.6 is 55.1 Å². The molecule has 0 aliphatic heterocycles. The van der Waals surface area contributed by atoms with Crippen LogP contribution in [0.2, 0.25) is 5.15 Å². The van der Waals surface area contributed by atoms with Crippen LogP contribution in [-0.2, 0) is 44.5 Å². The van der Waals surface area contributed by atoms with E-state index < -0.39 is 35.3 Å². The van der Waals surface area contributed by atoms with Crippen LogP contribution in [0.15, 0.2) is 365 Å². The van der Waals surface area contributed by atoms with E-state index in [9.17, 15) is 30.0 Å². The third kappa shape index (κ3) is 28.9. The number of hydrogen-bond donors (Lipinski definition) is 9. The molecule has 8 aromatic heterocycles. The summed E-state index contributed by atoms with van der Waals surface area (Å²) >= 11 is 17.2. The number of nitrogens with two attached hydrogens (primary N) is 5. The molecule has 0 aliphatic carbocycles. The number of fused-ring (bicyclic) bond motifs is 4. The molecule has 14 N–H and O–H groups in total. The van der Waals surface area contributed by atoms with E-state index in [0.29, 0.717) is 71.3 Å². The first-order valence-electron chi connectivity index (χ1n) is 38.2. The van der Waals surface area contributed by atoms with Gasteiger partial charge in [-0.05, 0) is 231 Å². The number of terminal acetylenes is 1. The molecule has 0 atom stereocenters. The van der Waals surface area contributed by atoms with Gasteiger partial charge in [0.05, 0.1) is 41.9 Å². The fourth-order valence-electron chi connectivity index (χ4n) is 11.7. The number of hydrogen-bond acceptors (Lipinski definition) is 26. The third-order valence-electron chi connectivity index (χ3n) is 17.5. The minimum atomic E-state index is -3.98. The Hall–Kier alpha value is -12.7. The van der Waals surface area contributed by atoms with Gasteiger partial charge in [-0.15, -0.1) is 6.42 Å². The van der Waals surface area contributed by atoms with E-state index in [1.165, 1.54) is 41.4 Å². The molecule has 0 bridgehead atoms. The molecule has 0 radical (unpaired) electrons. The number of aromatic amines is 1. The summed E-state index contributed by atoms with van der Waals surface area (Å²) in [4.78, 5) is 58.0. The second kappa shape index (κ2) is 50.8. The molecule has 8 heterocycles. The van der Waals surface area contributed by atoms with Gasteiger partial charge in [-0.1, -0.05) is 169 Å². The summed E-state index contributed by atoms with van der Waals surface area (Å²) in [6.07, 6.45) is 11.5. The van der Waals surface area contributed by atoms with Crippen molar-refractivity contribution in [1.29, 1.82) is 0 Å². The maximum Gasteiger partial charge on any atom is 1.00 e. The number of anilines is 11.